The van der Waals surface area contributed by atoms with Crippen molar-refractivity contribution in [3.05, 3.63) is 53.6 Å². The first kappa shape index (κ1) is 17.3. The van der Waals surface area contributed by atoms with Gasteiger partial charge in [0.2, 0.25) is 0 Å². The molecule has 0 spiro atoms. The van der Waals surface area contributed by atoms with Gasteiger partial charge < -0.3 is 19.5 Å². The fourth-order valence-electron chi connectivity index (χ4n) is 2.24. The maximum Gasteiger partial charge on any atom is 0.340 e. The van der Waals surface area contributed by atoms with Crippen LogP contribution in [0.3, 0.4) is 0 Å². The Labute approximate surface area is 140 Å². The number of hydrogen-bond donors (Lipinski definition) is 1. The summed E-state index contributed by atoms with van der Waals surface area (Å²) < 4.78 is 15.5. The topological polar surface area (TPSA) is 73.9 Å². The number of methoxy groups -OCH3 is 2. The number of para-hydroxylation sites is 1. The van der Waals surface area contributed by atoms with Crippen LogP contribution in [-0.2, 0) is 4.74 Å². The quantitative estimate of drug-likeness (QED) is 0.824. The number of hydrogen-bond acceptors (Lipinski definition) is 5. The molecule has 0 saturated heterocycles. The second-order valence-electron chi connectivity index (χ2n) is 4.76. The lowest BCUT2D eigenvalue weighted by Gasteiger charge is -2.14. The fraction of sp³-hybridized carbons (Fsp3) is 0.222. The van der Waals surface area contributed by atoms with Crippen molar-refractivity contribution in [2.24, 2.45) is 0 Å². The number of amides is 1. The van der Waals surface area contributed by atoms with E-state index >= 15 is 0 Å². The molecule has 2 rings (SSSR count). The molecule has 6 heteroatoms. The smallest absolute Gasteiger partial charge is 0.340 e. The summed E-state index contributed by atoms with van der Waals surface area (Å²) in [4.78, 5) is 24.7. The van der Waals surface area contributed by atoms with Gasteiger partial charge in [0.25, 0.3) is 5.91 Å². The second kappa shape index (κ2) is 8.01. The van der Waals surface area contributed by atoms with E-state index in [9.17, 15) is 9.59 Å². The summed E-state index contributed by atoms with van der Waals surface area (Å²) in [6.45, 7) is 1.97. The van der Waals surface area contributed by atoms with Gasteiger partial charge in [-0.05, 0) is 31.2 Å². The Bertz CT molecular complexity index is 720. The third kappa shape index (κ3) is 3.65. The zero-order chi connectivity index (χ0) is 17.5. The maximum atomic E-state index is 12.7. The van der Waals surface area contributed by atoms with E-state index in [2.05, 4.69) is 5.32 Å². The number of ether oxygens (including phenoxy) is 3. The van der Waals surface area contributed by atoms with E-state index in [1.54, 1.807) is 49.4 Å². The number of carbonyl (C=O) groups is 2. The van der Waals surface area contributed by atoms with Crippen LogP contribution < -0.4 is 14.8 Å². The van der Waals surface area contributed by atoms with Crippen molar-refractivity contribution >= 4 is 17.6 Å². The Morgan fingerprint density at radius 3 is 2.17 bits per heavy atom. The van der Waals surface area contributed by atoms with Gasteiger partial charge in [-0.25, -0.2) is 4.79 Å². The molecule has 6 nitrogen and oxygen atoms in total. The molecule has 0 atom stereocenters. The van der Waals surface area contributed by atoms with Gasteiger partial charge in [0.05, 0.1) is 32.1 Å². The van der Waals surface area contributed by atoms with Crippen molar-refractivity contribution in [1.82, 2.24) is 0 Å². The molecular weight excluding hydrogens is 310 g/mol. The van der Waals surface area contributed by atoms with Crippen molar-refractivity contribution in [2.75, 3.05) is 26.1 Å². The van der Waals surface area contributed by atoms with Crippen LogP contribution in [0.2, 0.25) is 0 Å². The van der Waals surface area contributed by atoms with Crippen LogP contribution in [0, 0.1) is 0 Å². The van der Waals surface area contributed by atoms with E-state index in [-0.39, 0.29) is 17.7 Å². The molecule has 0 saturated carbocycles. The SMILES string of the molecule is CCOC(=O)c1ccccc1NC(=O)c1c(OC)cccc1OC. The van der Waals surface area contributed by atoms with Crippen LogP contribution >= 0.6 is 0 Å². The highest BCUT2D eigenvalue weighted by Gasteiger charge is 2.20. The Kier molecular flexibility index (Phi) is 5.78. The first-order valence-electron chi connectivity index (χ1n) is 7.40. The van der Waals surface area contributed by atoms with E-state index in [4.69, 9.17) is 14.2 Å². The lowest BCUT2D eigenvalue weighted by Crippen LogP contribution is -2.17. The lowest BCUT2D eigenvalue weighted by atomic mass is 10.1. The first-order chi connectivity index (χ1) is 11.6. The zero-order valence-electron chi connectivity index (χ0n) is 13.8. The Balaban J connectivity index is 2.36. The number of anilines is 1. The van der Waals surface area contributed by atoms with Crippen molar-refractivity contribution in [3.63, 3.8) is 0 Å². The van der Waals surface area contributed by atoms with Crippen LogP contribution in [-0.4, -0.2) is 32.7 Å². The number of nitrogens with one attached hydrogen (secondary N) is 1. The average molecular weight is 329 g/mol. The molecule has 24 heavy (non-hydrogen) atoms. The lowest BCUT2D eigenvalue weighted by molar-refractivity contribution is 0.0527. The summed E-state index contributed by atoms with van der Waals surface area (Å²) >= 11 is 0. The van der Waals surface area contributed by atoms with Gasteiger partial charge in [0.1, 0.15) is 17.1 Å². The Morgan fingerprint density at radius 2 is 1.58 bits per heavy atom. The second-order valence-corrected chi connectivity index (χ2v) is 4.76. The highest BCUT2D eigenvalue weighted by Crippen LogP contribution is 2.29. The van der Waals surface area contributed by atoms with Crippen LogP contribution in [0.1, 0.15) is 27.6 Å². The predicted molar refractivity (Wildman–Crippen MR) is 89.9 cm³/mol. The van der Waals surface area contributed by atoms with Gasteiger partial charge in [-0.1, -0.05) is 18.2 Å². The Morgan fingerprint density at radius 1 is 0.958 bits per heavy atom. The monoisotopic (exact) mass is 329 g/mol. The molecule has 2 aromatic rings. The normalized spacial score (nSPS) is 9.96. The molecule has 0 bridgehead atoms. The first-order valence-corrected chi connectivity index (χ1v) is 7.40. The molecule has 1 amide bonds. The van der Waals surface area contributed by atoms with Gasteiger partial charge in [-0.15, -0.1) is 0 Å². The van der Waals surface area contributed by atoms with Crippen molar-refractivity contribution < 1.29 is 23.8 Å². The molecule has 0 aromatic heterocycles. The van der Waals surface area contributed by atoms with Crippen LogP contribution in [0.15, 0.2) is 42.5 Å². The minimum atomic E-state index is -0.500. The molecule has 0 radical (unpaired) electrons. The predicted octanol–water partition coefficient (Wildman–Crippen LogP) is 3.13. The average Bonchev–Trinajstić information content (AvgIpc) is 2.61. The highest BCUT2D eigenvalue weighted by atomic mass is 16.5. The number of benzene rings is 2. The van der Waals surface area contributed by atoms with Crippen molar-refractivity contribution in [1.29, 1.82) is 0 Å². The van der Waals surface area contributed by atoms with E-state index in [1.165, 1.54) is 14.2 Å². The molecule has 2 aromatic carbocycles. The van der Waals surface area contributed by atoms with Crippen molar-refractivity contribution in [2.45, 2.75) is 6.92 Å². The Hall–Kier alpha value is -3.02. The zero-order valence-corrected chi connectivity index (χ0v) is 13.8. The summed E-state index contributed by atoms with van der Waals surface area (Å²) in [6, 6.07) is 11.7. The highest BCUT2D eigenvalue weighted by molar-refractivity contribution is 6.10. The largest absolute Gasteiger partial charge is 0.496 e. The van der Waals surface area contributed by atoms with Crippen LogP contribution in [0.25, 0.3) is 0 Å². The molecule has 1 N–H and O–H groups in total. The van der Waals surface area contributed by atoms with E-state index in [0.29, 0.717) is 17.2 Å². The van der Waals surface area contributed by atoms with Crippen LogP contribution in [0.5, 0.6) is 11.5 Å². The summed E-state index contributed by atoms with van der Waals surface area (Å²) in [6.07, 6.45) is 0. The molecule has 0 aliphatic rings. The molecule has 0 unspecified atom stereocenters. The summed E-state index contributed by atoms with van der Waals surface area (Å²) in [5, 5.41) is 2.72. The van der Waals surface area contributed by atoms with E-state index in [1.807, 2.05) is 0 Å². The summed E-state index contributed by atoms with van der Waals surface area (Å²) in [5.41, 5.74) is 0.886. The van der Waals surface area contributed by atoms with Crippen LogP contribution in [0.4, 0.5) is 5.69 Å². The van der Waals surface area contributed by atoms with Gasteiger partial charge in [-0.3, -0.25) is 4.79 Å². The standard InChI is InChI=1S/C18H19NO5/c1-4-24-18(21)12-8-5-6-9-13(12)19-17(20)16-14(22-2)10-7-11-15(16)23-3/h5-11H,4H2,1-3H3,(H,19,20). The number of carbonyl (C=O) groups excluding carboxylic acids is 2. The molecule has 126 valence electrons. The fourth-order valence-corrected chi connectivity index (χ4v) is 2.24. The van der Waals surface area contributed by atoms with E-state index in [0.717, 1.165) is 0 Å². The maximum absolute atomic E-state index is 12.7. The van der Waals surface area contributed by atoms with Gasteiger partial charge >= 0.3 is 5.97 Å². The summed E-state index contributed by atoms with van der Waals surface area (Å²) in [5.74, 6) is -0.192. The third-order valence-electron chi connectivity index (χ3n) is 3.33. The number of esters is 1. The molecule has 0 aliphatic carbocycles. The number of rotatable bonds is 6. The van der Waals surface area contributed by atoms with E-state index < -0.39 is 11.9 Å². The van der Waals surface area contributed by atoms with Gasteiger partial charge in [-0.2, -0.15) is 0 Å². The molecule has 0 aliphatic heterocycles. The minimum Gasteiger partial charge on any atom is -0.496 e. The third-order valence-corrected chi connectivity index (χ3v) is 3.33. The minimum absolute atomic E-state index is 0.251. The van der Waals surface area contributed by atoms with Gasteiger partial charge in [0.15, 0.2) is 0 Å². The molecule has 0 heterocycles. The molecule has 0 fully saturated rings. The summed E-state index contributed by atoms with van der Waals surface area (Å²) in [7, 11) is 2.94. The van der Waals surface area contributed by atoms with Gasteiger partial charge in [0, 0.05) is 0 Å². The van der Waals surface area contributed by atoms with Crippen molar-refractivity contribution in [3.8, 4) is 11.5 Å². The molecular formula is C18H19NO5.